The molecule has 0 N–H and O–H groups in total. The van der Waals surface area contributed by atoms with Gasteiger partial charge in [-0.1, -0.05) is 33.8 Å². The molecular weight excluding hydrogens is 352 g/mol. The summed E-state index contributed by atoms with van der Waals surface area (Å²) in [6.07, 6.45) is 5.79. The van der Waals surface area contributed by atoms with Gasteiger partial charge in [0.15, 0.2) is 0 Å². The van der Waals surface area contributed by atoms with Crippen LogP contribution in [0, 0.1) is 6.92 Å². The topological polar surface area (TPSA) is 26.3 Å². The number of thiophene rings is 1. The van der Waals surface area contributed by atoms with Gasteiger partial charge in [-0.3, -0.25) is 0 Å². The molecule has 27 heavy (non-hydrogen) atoms. The lowest BCUT2D eigenvalue weighted by Gasteiger charge is -2.42. The zero-order valence-electron chi connectivity index (χ0n) is 17.3. The Morgan fingerprint density at radius 1 is 1.11 bits per heavy atom. The summed E-state index contributed by atoms with van der Waals surface area (Å²) in [5, 5.41) is 0. The van der Waals surface area contributed by atoms with Crippen LogP contribution in [0.1, 0.15) is 69.0 Å². The summed E-state index contributed by atoms with van der Waals surface area (Å²) in [5.41, 5.74) is 6.05. The van der Waals surface area contributed by atoms with Crippen LogP contribution in [0.5, 0.6) is 0 Å². The van der Waals surface area contributed by atoms with E-state index in [1.165, 1.54) is 46.0 Å². The molecule has 1 aromatic heterocycles. The van der Waals surface area contributed by atoms with Gasteiger partial charge in [-0.25, -0.2) is 4.79 Å². The van der Waals surface area contributed by atoms with Crippen molar-refractivity contribution in [1.29, 1.82) is 0 Å². The zero-order chi connectivity index (χ0) is 19.8. The molecule has 1 aromatic carbocycles. The van der Waals surface area contributed by atoms with Gasteiger partial charge in [0, 0.05) is 15.8 Å². The van der Waals surface area contributed by atoms with Crippen molar-refractivity contribution in [2.45, 2.75) is 65.2 Å². The van der Waals surface area contributed by atoms with Gasteiger partial charge >= 0.3 is 5.97 Å². The first-order chi connectivity index (χ1) is 12.6. The van der Waals surface area contributed by atoms with Crippen LogP contribution in [0.4, 0.5) is 0 Å². The van der Waals surface area contributed by atoms with Gasteiger partial charge in [0.25, 0.3) is 0 Å². The highest BCUT2D eigenvalue weighted by molar-refractivity contribution is 7.16. The molecule has 0 amide bonds. The quantitative estimate of drug-likeness (QED) is 0.437. The first-order valence-corrected chi connectivity index (χ1v) is 10.6. The second kappa shape index (κ2) is 7.27. The highest BCUT2D eigenvalue weighted by Gasteiger charge is 2.37. The van der Waals surface area contributed by atoms with Crippen molar-refractivity contribution in [2.75, 3.05) is 6.61 Å². The lowest BCUT2D eigenvalue weighted by molar-refractivity contribution is -0.137. The van der Waals surface area contributed by atoms with Crippen molar-refractivity contribution in [3.05, 3.63) is 51.9 Å². The fraction of sp³-hybridized carbons (Fsp3) is 0.458. The maximum absolute atomic E-state index is 11.5. The van der Waals surface area contributed by atoms with Gasteiger partial charge in [-0.2, -0.15) is 0 Å². The Kier molecular flexibility index (Phi) is 5.36. The Balaban J connectivity index is 1.98. The molecule has 0 spiro atoms. The van der Waals surface area contributed by atoms with E-state index in [4.69, 9.17) is 4.74 Å². The molecule has 1 aliphatic carbocycles. The lowest BCUT2D eigenvalue weighted by atomic mass is 9.62. The van der Waals surface area contributed by atoms with Crippen LogP contribution in [-0.4, -0.2) is 12.6 Å². The number of esters is 1. The summed E-state index contributed by atoms with van der Waals surface area (Å²) in [6.45, 7) is 13.9. The van der Waals surface area contributed by atoms with Crippen LogP contribution in [0.15, 0.2) is 30.3 Å². The standard InChI is InChI=1S/C24H30O2S/c1-7-26-22(25)11-9-17-8-10-21(27-17)18-15-20-19(14-16(18)2)23(3,4)12-13-24(20,5)6/h8-11,14-15H,7,12-13H2,1-6H3. The average molecular weight is 383 g/mol. The van der Waals surface area contributed by atoms with Crippen molar-refractivity contribution >= 4 is 23.4 Å². The third-order valence-corrected chi connectivity index (χ3v) is 6.84. The molecule has 1 heterocycles. The third-order valence-electron chi connectivity index (χ3n) is 5.76. The zero-order valence-corrected chi connectivity index (χ0v) is 18.1. The van der Waals surface area contributed by atoms with E-state index in [-0.39, 0.29) is 16.8 Å². The lowest BCUT2D eigenvalue weighted by Crippen LogP contribution is -2.34. The maximum Gasteiger partial charge on any atom is 0.330 e. The van der Waals surface area contributed by atoms with E-state index in [0.717, 1.165) is 4.88 Å². The van der Waals surface area contributed by atoms with E-state index in [2.05, 4.69) is 58.9 Å². The van der Waals surface area contributed by atoms with E-state index >= 15 is 0 Å². The number of fused-ring (bicyclic) bond motifs is 1. The molecule has 0 atom stereocenters. The molecule has 2 nitrogen and oxygen atoms in total. The Morgan fingerprint density at radius 3 is 2.37 bits per heavy atom. The van der Waals surface area contributed by atoms with Crippen LogP contribution >= 0.6 is 11.3 Å². The summed E-state index contributed by atoms with van der Waals surface area (Å²) >= 11 is 1.72. The summed E-state index contributed by atoms with van der Waals surface area (Å²) in [6, 6.07) is 9.05. The van der Waals surface area contributed by atoms with Gasteiger partial charge in [0.2, 0.25) is 0 Å². The number of aryl methyl sites for hydroxylation is 1. The van der Waals surface area contributed by atoms with Crippen LogP contribution in [0.3, 0.4) is 0 Å². The molecule has 0 saturated carbocycles. The van der Waals surface area contributed by atoms with Crippen molar-refractivity contribution in [1.82, 2.24) is 0 Å². The Morgan fingerprint density at radius 2 is 1.74 bits per heavy atom. The highest BCUT2D eigenvalue weighted by Crippen LogP contribution is 2.48. The van der Waals surface area contributed by atoms with Crippen LogP contribution in [0.2, 0.25) is 0 Å². The molecule has 0 saturated heterocycles. The molecule has 1 aliphatic rings. The first-order valence-electron chi connectivity index (χ1n) is 9.75. The van der Waals surface area contributed by atoms with Crippen molar-refractivity contribution in [3.63, 3.8) is 0 Å². The molecule has 0 unspecified atom stereocenters. The Hall–Kier alpha value is -1.87. The van der Waals surface area contributed by atoms with E-state index in [1.54, 1.807) is 11.3 Å². The number of ether oxygens (including phenoxy) is 1. The van der Waals surface area contributed by atoms with E-state index < -0.39 is 0 Å². The maximum atomic E-state index is 11.5. The fourth-order valence-electron chi connectivity index (χ4n) is 3.92. The molecular formula is C24H30O2S. The SMILES string of the molecule is CCOC(=O)C=Cc1ccc(-c2cc3c(cc2C)C(C)(C)CCC3(C)C)s1. The van der Waals surface area contributed by atoms with Gasteiger partial charge in [-0.15, -0.1) is 11.3 Å². The van der Waals surface area contributed by atoms with Crippen molar-refractivity contribution in [3.8, 4) is 10.4 Å². The smallest absolute Gasteiger partial charge is 0.330 e. The molecule has 2 aromatic rings. The summed E-state index contributed by atoms with van der Waals surface area (Å²) in [4.78, 5) is 13.8. The number of carbonyl (C=O) groups excluding carboxylic acids is 1. The summed E-state index contributed by atoms with van der Waals surface area (Å²) < 4.78 is 4.96. The predicted molar refractivity (Wildman–Crippen MR) is 115 cm³/mol. The largest absolute Gasteiger partial charge is 0.463 e. The highest BCUT2D eigenvalue weighted by atomic mass is 32.1. The Bertz CT molecular complexity index is 884. The van der Waals surface area contributed by atoms with Crippen LogP contribution < -0.4 is 0 Å². The number of hydrogen-bond acceptors (Lipinski definition) is 3. The molecule has 0 bridgehead atoms. The molecule has 0 fully saturated rings. The molecule has 0 aliphatic heterocycles. The van der Waals surface area contributed by atoms with Crippen molar-refractivity contribution in [2.24, 2.45) is 0 Å². The van der Waals surface area contributed by atoms with E-state index in [9.17, 15) is 4.79 Å². The molecule has 3 heteroatoms. The van der Waals surface area contributed by atoms with Gasteiger partial charge in [0.1, 0.15) is 0 Å². The Labute approximate surface area is 167 Å². The van der Waals surface area contributed by atoms with Gasteiger partial charge in [-0.05, 0) is 84.0 Å². The molecule has 3 rings (SSSR count). The first kappa shape index (κ1) is 19.9. The third kappa shape index (κ3) is 4.03. The van der Waals surface area contributed by atoms with E-state index in [0.29, 0.717) is 6.61 Å². The summed E-state index contributed by atoms with van der Waals surface area (Å²) in [5.74, 6) is -0.290. The number of rotatable bonds is 4. The fourth-order valence-corrected chi connectivity index (χ4v) is 4.91. The number of carbonyl (C=O) groups is 1. The summed E-state index contributed by atoms with van der Waals surface area (Å²) in [7, 11) is 0. The number of benzene rings is 1. The van der Waals surface area contributed by atoms with Crippen molar-refractivity contribution < 1.29 is 9.53 Å². The minimum atomic E-state index is -0.290. The second-order valence-corrected chi connectivity index (χ2v) is 9.88. The normalized spacial score (nSPS) is 17.7. The van der Waals surface area contributed by atoms with Crippen LogP contribution in [0.25, 0.3) is 16.5 Å². The number of hydrogen-bond donors (Lipinski definition) is 0. The van der Waals surface area contributed by atoms with Crippen LogP contribution in [-0.2, 0) is 20.4 Å². The van der Waals surface area contributed by atoms with Gasteiger partial charge in [0.05, 0.1) is 6.61 Å². The van der Waals surface area contributed by atoms with E-state index in [1.807, 2.05) is 13.0 Å². The second-order valence-electron chi connectivity index (χ2n) is 8.77. The monoisotopic (exact) mass is 382 g/mol. The molecule has 144 valence electrons. The average Bonchev–Trinajstić information content (AvgIpc) is 3.06. The predicted octanol–water partition coefficient (Wildman–Crippen LogP) is 6.65. The minimum Gasteiger partial charge on any atom is -0.463 e. The molecule has 0 radical (unpaired) electrons. The minimum absolute atomic E-state index is 0.206. The van der Waals surface area contributed by atoms with Gasteiger partial charge < -0.3 is 4.74 Å².